The fourth-order valence-electron chi connectivity index (χ4n) is 2.16. The molecule has 0 bridgehead atoms. The van der Waals surface area contributed by atoms with Crippen LogP contribution < -0.4 is 14.9 Å². The highest BCUT2D eigenvalue weighted by atomic mass is 32.2. The average Bonchev–Trinajstić information content (AvgIpc) is 2.87. The van der Waals surface area contributed by atoms with Crippen LogP contribution in [0.5, 0.6) is 11.5 Å². The fraction of sp³-hybridized carbons (Fsp3) is 0.353. The summed E-state index contributed by atoms with van der Waals surface area (Å²) >= 11 is 6.34. The topological polar surface area (TPSA) is 67.9 Å². The van der Waals surface area contributed by atoms with Crippen LogP contribution in [0.4, 0.5) is 0 Å². The number of ether oxygens (including phenoxy) is 2. The quantitative estimate of drug-likeness (QED) is 0.579. The molecule has 2 amide bonds. The van der Waals surface area contributed by atoms with Crippen LogP contribution in [0.2, 0.25) is 0 Å². The van der Waals surface area contributed by atoms with Crippen molar-refractivity contribution < 1.29 is 19.1 Å². The van der Waals surface area contributed by atoms with Crippen molar-refractivity contribution in [1.29, 1.82) is 0 Å². The van der Waals surface area contributed by atoms with Gasteiger partial charge in [-0.25, -0.2) is 0 Å². The Hall–Kier alpha value is -2.06. The Bertz CT molecular complexity index is 719. The summed E-state index contributed by atoms with van der Waals surface area (Å²) in [6.45, 7) is 2.00. The Morgan fingerprint density at radius 2 is 2.12 bits per heavy atom. The first kappa shape index (κ1) is 19.3. The maximum absolute atomic E-state index is 12.5. The summed E-state index contributed by atoms with van der Waals surface area (Å²) in [6, 6.07) is 5.31. The SMILES string of the molecule is CCCCC(=O)NN1C(=O)/C(=C\c2ccc(OC)cc2OC)SC1=S. The van der Waals surface area contributed by atoms with Crippen molar-refractivity contribution >= 4 is 46.2 Å². The number of benzene rings is 1. The molecule has 0 aromatic heterocycles. The standard InChI is InChI=1S/C17H20N2O4S2/c1-4-5-6-15(20)18-19-16(21)14(25-17(19)24)9-11-7-8-12(22-2)10-13(11)23-3/h7-10H,4-6H2,1-3H3,(H,18,20)/b14-9+. The highest BCUT2D eigenvalue weighted by Gasteiger charge is 2.33. The zero-order valence-electron chi connectivity index (χ0n) is 14.3. The molecule has 0 unspecified atom stereocenters. The van der Waals surface area contributed by atoms with E-state index in [1.54, 1.807) is 38.5 Å². The van der Waals surface area contributed by atoms with Crippen LogP contribution in [-0.2, 0) is 9.59 Å². The monoisotopic (exact) mass is 380 g/mol. The van der Waals surface area contributed by atoms with E-state index in [1.165, 1.54) is 0 Å². The summed E-state index contributed by atoms with van der Waals surface area (Å²) in [4.78, 5) is 24.8. The van der Waals surface area contributed by atoms with Gasteiger partial charge >= 0.3 is 0 Å². The zero-order chi connectivity index (χ0) is 18.4. The van der Waals surface area contributed by atoms with E-state index < -0.39 is 0 Å². The van der Waals surface area contributed by atoms with Crippen LogP contribution in [0.15, 0.2) is 23.1 Å². The molecule has 1 heterocycles. The van der Waals surface area contributed by atoms with Crippen molar-refractivity contribution in [3.8, 4) is 11.5 Å². The number of hydrogen-bond donors (Lipinski definition) is 1. The number of hydrogen-bond acceptors (Lipinski definition) is 6. The molecule has 25 heavy (non-hydrogen) atoms. The lowest BCUT2D eigenvalue weighted by atomic mass is 10.1. The van der Waals surface area contributed by atoms with E-state index >= 15 is 0 Å². The Kier molecular flexibility index (Phi) is 6.83. The number of methoxy groups -OCH3 is 2. The van der Waals surface area contributed by atoms with E-state index in [0.717, 1.165) is 35.2 Å². The average molecular weight is 380 g/mol. The van der Waals surface area contributed by atoms with Crippen LogP contribution in [0.3, 0.4) is 0 Å². The second-order valence-electron chi connectivity index (χ2n) is 5.26. The Morgan fingerprint density at radius 3 is 2.76 bits per heavy atom. The van der Waals surface area contributed by atoms with Gasteiger partial charge in [-0.1, -0.05) is 25.1 Å². The van der Waals surface area contributed by atoms with Gasteiger partial charge in [0.25, 0.3) is 5.91 Å². The molecule has 1 N–H and O–H groups in total. The number of hydrazine groups is 1. The number of amides is 2. The normalized spacial score (nSPS) is 15.6. The lowest BCUT2D eigenvalue weighted by molar-refractivity contribution is -0.133. The molecule has 1 aliphatic rings. The van der Waals surface area contributed by atoms with Crippen molar-refractivity contribution in [2.24, 2.45) is 0 Å². The van der Waals surface area contributed by atoms with E-state index in [-0.39, 0.29) is 11.8 Å². The summed E-state index contributed by atoms with van der Waals surface area (Å²) in [6.07, 6.45) is 3.72. The van der Waals surface area contributed by atoms with Gasteiger partial charge < -0.3 is 9.47 Å². The number of nitrogens with zero attached hydrogens (tertiary/aromatic N) is 1. The second kappa shape index (κ2) is 8.87. The molecule has 0 radical (unpaired) electrons. The Labute approximate surface area is 156 Å². The minimum atomic E-state index is -0.349. The maximum atomic E-state index is 12.5. The van der Waals surface area contributed by atoms with Crippen molar-refractivity contribution in [3.05, 3.63) is 28.7 Å². The van der Waals surface area contributed by atoms with Gasteiger partial charge in [0.1, 0.15) is 11.5 Å². The smallest absolute Gasteiger partial charge is 0.285 e. The highest BCUT2D eigenvalue weighted by Crippen LogP contribution is 2.34. The summed E-state index contributed by atoms with van der Waals surface area (Å²) in [5, 5.41) is 1.12. The van der Waals surface area contributed by atoms with Gasteiger partial charge in [0.05, 0.1) is 19.1 Å². The third kappa shape index (κ3) is 4.73. The molecule has 1 aliphatic heterocycles. The molecule has 8 heteroatoms. The first-order valence-corrected chi connectivity index (χ1v) is 9.02. The molecule has 1 fully saturated rings. The third-order valence-corrected chi connectivity index (χ3v) is 4.82. The van der Waals surface area contributed by atoms with Gasteiger partial charge in [0, 0.05) is 18.1 Å². The first-order valence-electron chi connectivity index (χ1n) is 7.79. The molecular formula is C17H20N2O4S2. The van der Waals surface area contributed by atoms with Crippen molar-refractivity contribution in [2.75, 3.05) is 14.2 Å². The number of carbonyl (C=O) groups excluding carboxylic acids is 2. The number of unbranched alkanes of at least 4 members (excludes halogenated alkanes) is 1. The molecule has 0 aliphatic carbocycles. The fourth-order valence-corrected chi connectivity index (χ4v) is 3.33. The summed E-state index contributed by atoms with van der Waals surface area (Å²) in [5.74, 6) is 0.667. The molecule has 1 aromatic rings. The Balaban J connectivity index is 2.18. The molecule has 0 atom stereocenters. The maximum Gasteiger partial charge on any atom is 0.285 e. The molecule has 1 saturated heterocycles. The van der Waals surface area contributed by atoms with E-state index in [0.29, 0.717) is 27.1 Å². The molecule has 2 rings (SSSR count). The largest absolute Gasteiger partial charge is 0.497 e. The zero-order valence-corrected chi connectivity index (χ0v) is 16.0. The van der Waals surface area contributed by atoms with Crippen molar-refractivity contribution in [1.82, 2.24) is 10.4 Å². The summed E-state index contributed by atoms with van der Waals surface area (Å²) in [5.41, 5.74) is 3.29. The van der Waals surface area contributed by atoms with Gasteiger partial charge in [-0.05, 0) is 36.8 Å². The number of nitrogens with one attached hydrogen (secondary N) is 1. The van der Waals surface area contributed by atoms with Crippen LogP contribution in [0.1, 0.15) is 31.7 Å². The lowest BCUT2D eigenvalue weighted by Gasteiger charge is -2.15. The molecule has 0 saturated carbocycles. The first-order chi connectivity index (χ1) is 12.0. The molecule has 6 nitrogen and oxygen atoms in total. The van der Waals surface area contributed by atoms with Crippen LogP contribution in [0.25, 0.3) is 6.08 Å². The van der Waals surface area contributed by atoms with Gasteiger partial charge in [-0.15, -0.1) is 0 Å². The van der Waals surface area contributed by atoms with Crippen molar-refractivity contribution in [3.63, 3.8) is 0 Å². The van der Waals surface area contributed by atoms with E-state index in [2.05, 4.69) is 5.43 Å². The number of thiocarbonyl (C=S) groups is 1. The number of rotatable bonds is 7. The van der Waals surface area contributed by atoms with E-state index in [4.69, 9.17) is 21.7 Å². The van der Waals surface area contributed by atoms with Gasteiger partial charge in [-0.2, -0.15) is 5.01 Å². The molecular weight excluding hydrogens is 360 g/mol. The molecule has 0 spiro atoms. The predicted octanol–water partition coefficient (Wildman–Crippen LogP) is 3.13. The van der Waals surface area contributed by atoms with E-state index in [9.17, 15) is 9.59 Å². The van der Waals surface area contributed by atoms with Crippen molar-refractivity contribution in [2.45, 2.75) is 26.2 Å². The number of carbonyl (C=O) groups is 2. The third-order valence-electron chi connectivity index (χ3n) is 3.51. The molecule has 134 valence electrons. The summed E-state index contributed by atoms with van der Waals surface area (Å²) < 4.78 is 10.8. The predicted molar refractivity (Wildman–Crippen MR) is 102 cm³/mol. The lowest BCUT2D eigenvalue weighted by Crippen LogP contribution is -2.44. The van der Waals surface area contributed by atoms with Gasteiger partial charge in [0.15, 0.2) is 4.32 Å². The van der Waals surface area contributed by atoms with Crippen LogP contribution in [-0.4, -0.2) is 35.4 Å². The highest BCUT2D eigenvalue weighted by molar-refractivity contribution is 8.26. The minimum absolute atomic E-state index is 0.221. The Morgan fingerprint density at radius 1 is 1.36 bits per heavy atom. The van der Waals surface area contributed by atoms with Crippen LogP contribution in [0, 0.1) is 0 Å². The second-order valence-corrected chi connectivity index (χ2v) is 6.94. The van der Waals surface area contributed by atoms with Crippen LogP contribution >= 0.6 is 24.0 Å². The van der Waals surface area contributed by atoms with Gasteiger partial charge in [-0.3, -0.25) is 15.0 Å². The summed E-state index contributed by atoms with van der Waals surface area (Å²) in [7, 11) is 3.12. The van der Waals surface area contributed by atoms with Gasteiger partial charge in [0.2, 0.25) is 5.91 Å². The molecule has 1 aromatic carbocycles. The van der Waals surface area contributed by atoms with E-state index in [1.807, 2.05) is 6.92 Å². The minimum Gasteiger partial charge on any atom is -0.497 e. The number of thioether (sulfide) groups is 1.